The average Bonchev–Trinajstić information content (AvgIpc) is 2.49. The molecule has 0 aliphatic heterocycles. The summed E-state index contributed by atoms with van der Waals surface area (Å²) in [5, 5.41) is 2.48. The molecule has 0 fully saturated rings. The van der Waals surface area contributed by atoms with E-state index in [0.29, 0.717) is 0 Å². The number of amides is 1. The van der Waals surface area contributed by atoms with Crippen LogP contribution in [-0.4, -0.2) is 18.7 Å². The molecule has 0 heterocycles. The highest BCUT2D eigenvalue weighted by Gasteiger charge is 2.29. The predicted octanol–water partition coefficient (Wildman–Crippen LogP) is 4.60. The van der Waals surface area contributed by atoms with E-state index in [9.17, 15) is 22.4 Å². The van der Waals surface area contributed by atoms with Gasteiger partial charge in [0.15, 0.2) is 6.61 Å². The number of hydrogen-bond acceptors (Lipinski definition) is 2. The number of carbonyl (C=O) groups excluding carboxylic acids is 1. The number of anilines is 1. The summed E-state index contributed by atoms with van der Waals surface area (Å²) in [4.78, 5) is 12.0. The number of hydrogen-bond donors (Lipinski definition) is 1. The third kappa shape index (κ3) is 5.13. The fourth-order valence-electron chi connectivity index (χ4n) is 1.91. The minimum atomic E-state index is -4.50. The summed E-state index contributed by atoms with van der Waals surface area (Å²) >= 11 is 5.84. The molecule has 0 spiro atoms. The molecular weight excluding hydrogens is 350 g/mol. The van der Waals surface area contributed by atoms with E-state index in [4.69, 9.17) is 11.6 Å². The van der Waals surface area contributed by atoms with Gasteiger partial charge in [-0.2, -0.15) is 13.2 Å². The molecule has 0 aliphatic carbocycles. The van der Waals surface area contributed by atoms with Crippen molar-refractivity contribution in [2.24, 2.45) is 0 Å². The van der Waals surface area contributed by atoms with Crippen LogP contribution in [0.15, 0.2) is 42.5 Å². The molecule has 0 aliphatic rings. The molecule has 2 aromatic carbocycles. The van der Waals surface area contributed by atoms with Crippen molar-refractivity contribution in [3.8, 4) is 5.75 Å². The Morgan fingerprint density at radius 3 is 2.50 bits per heavy atom. The number of rotatable bonds is 5. The molecule has 1 N–H and O–H groups in total. The first-order valence-corrected chi connectivity index (χ1v) is 7.15. The van der Waals surface area contributed by atoms with E-state index in [-0.39, 0.29) is 28.4 Å². The van der Waals surface area contributed by atoms with Gasteiger partial charge in [-0.05, 0) is 24.3 Å². The summed E-state index contributed by atoms with van der Waals surface area (Å²) < 4.78 is 55.1. The number of alkyl halides is 3. The number of benzene rings is 2. The highest BCUT2D eigenvalue weighted by Crippen LogP contribution is 2.27. The summed E-state index contributed by atoms with van der Waals surface area (Å²) in [7, 11) is 0. The number of nitrogens with one attached hydrogen (secondary N) is 1. The lowest BCUT2D eigenvalue weighted by atomic mass is 10.1. The maximum Gasteiger partial charge on any atom is 0.422 e. The second-order valence-corrected chi connectivity index (χ2v) is 5.23. The first-order valence-electron chi connectivity index (χ1n) is 6.77. The van der Waals surface area contributed by atoms with Crippen molar-refractivity contribution in [2.75, 3.05) is 11.9 Å². The van der Waals surface area contributed by atoms with Crippen LogP contribution >= 0.6 is 11.6 Å². The Bertz CT molecular complexity index is 714. The number of halogens is 5. The second-order valence-electron chi connectivity index (χ2n) is 4.83. The van der Waals surface area contributed by atoms with Gasteiger partial charge in [-0.15, -0.1) is 0 Å². The minimum absolute atomic E-state index is 0.00496. The van der Waals surface area contributed by atoms with E-state index >= 15 is 0 Å². The molecule has 3 nitrogen and oxygen atoms in total. The summed E-state index contributed by atoms with van der Waals surface area (Å²) in [5.41, 5.74) is 0.0598. The molecule has 0 atom stereocenters. The average molecular weight is 362 g/mol. The van der Waals surface area contributed by atoms with E-state index in [0.717, 1.165) is 6.07 Å². The van der Waals surface area contributed by atoms with E-state index < -0.39 is 24.5 Å². The Morgan fingerprint density at radius 2 is 1.83 bits per heavy atom. The Balaban J connectivity index is 2.09. The summed E-state index contributed by atoms with van der Waals surface area (Å²) in [6.45, 7) is -1.49. The van der Waals surface area contributed by atoms with Gasteiger partial charge >= 0.3 is 6.18 Å². The van der Waals surface area contributed by atoms with Gasteiger partial charge in [-0.25, -0.2) is 4.39 Å². The molecule has 0 unspecified atom stereocenters. The van der Waals surface area contributed by atoms with Crippen LogP contribution in [0.1, 0.15) is 5.56 Å². The van der Waals surface area contributed by atoms with Gasteiger partial charge in [0.25, 0.3) is 0 Å². The lowest BCUT2D eigenvalue weighted by molar-refractivity contribution is -0.153. The van der Waals surface area contributed by atoms with Gasteiger partial charge in [-0.3, -0.25) is 4.79 Å². The van der Waals surface area contributed by atoms with E-state index in [1.165, 1.54) is 36.4 Å². The minimum Gasteiger partial charge on any atom is -0.482 e. The molecule has 0 aromatic heterocycles. The monoisotopic (exact) mass is 361 g/mol. The van der Waals surface area contributed by atoms with E-state index in [1.54, 1.807) is 0 Å². The van der Waals surface area contributed by atoms with Crippen LogP contribution in [0.4, 0.5) is 23.2 Å². The van der Waals surface area contributed by atoms with Crippen LogP contribution in [0.5, 0.6) is 5.75 Å². The van der Waals surface area contributed by atoms with Crippen molar-refractivity contribution in [3.63, 3.8) is 0 Å². The highest BCUT2D eigenvalue weighted by molar-refractivity contribution is 6.31. The van der Waals surface area contributed by atoms with Crippen LogP contribution < -0.4 is 10.1 Å². The maximum atomic E-state index is 13.7. The van der Waals surface area contributed by atoms with Gasteiger partial charge in [0, 0.05) is 10.6 Å². The predicted molar refractivity (Wildman–Crippen MR) is 81.7 cm³/mol. The van der Waals surface area contributed by atoms with Gasteiger partial charge in [0.1, 0.15) is 11.6 Å². The van der Waals surface area contributed by atoms with Crippen LogP contribution in [0, 0.1) is 5.82 Å². The second kappa shape index (κ2) is 7.53. The van der Waals surface area contributed by atoms with E-state index in [1.807, 2.05) is 0 Å². The lowest BCUT2D eigenvalue weighted by Gasteiger charge is -2.14. The normalized spacial score (nSPS) is 11.2. The standard InChI is InChI=1S/C16H12ClF4NO2/c17-11-4-3-5-12(18)10(11)8-15(23)22-13-6-1-2-7-14(13)24-9-16(19,20)21/h1-7H,8-9H2,(H,22,23). The third-order valence-electron chi connectivity index (χ3n) is 2.95. The van der Waals surface area contributed by atoms with Crippen molar-refractivity contribution in [2.45, 2.75) is 12.6 Å². The van der Waals surface area contributed by atoms with Crippen molar-refractivity contribution in [1.29, 1.82) is 0 Å². The number of carbonyl (C=O) groups is 1. The topological polar surface area (TPSA) is 38.3 Å². The Hall–Kier alpha value is -2.28. The van der Waals surface area contributed by atoms with Crippen molar-refractivity contribution < 1.29 is 27.1 Å². The Morgan fingerprint density at radius 1 is 1.12 bits per heavy atom. The fourth-order valence-corrected chi connectivity index (χ4v) is 2.14. The van der Waals surface area contributed by atoms with Crippen molar-refractivity contribution in [3.05, 3.63) is 58.9 Å². The highest BCUT2D eigenvalue weighted by atomic mass is 35.5. The number of ether oxygens (including phenoxy) is 1. The summed E-state index contributed by atoms with van der Waals surface area (Å²) in [6, 6.07) is 9.66. The van der Waals surface area contributed by atoms with Gasteiger partial charge < -0.3 is 10.1 Å². The third-order valence-corrected chi connectivity index (χ3v) is 3.31. The first-order chi connectivity index (χ1) is 11.3. The first kappa shape index (κ1) is 18.1. The van der Waals surface area contributed by atoms with Gasteiger partial charge in [-0.1, -0.05) is 29.8 Å². The Kier molecular flexibility index (Phi) is 5.66. The van der Waals surface area contributed by atoms with Crippen molar-refractivity contribution in [1.82, 2.24) is 0 Å². The molecule has 0 bridgehead atoms. The zero-order chi connectivity index (χ0) is 17.7. The molecule has 2 rings (SSSR count). The molecule has 2 aromatic rings. The zero-order valence-corrected chi connectivity index (χ0v) is 12.9. The Labute approximate surface area is 140 Å². The van der Waals surface area contributed by atoms with Gasteiger partial charge in [0.2, 0.25) is 5.91 Å². The lowest BCUT2D eigenvalue weighted by Crippen LogP contribution is -2.21. The molecular formula is C16H12ClF4NO2. The quantitative estimate of drug-likeness (QED) is 0.790. The van der Waals surface area contributed by atoms with Crippen molar-refractivity contribution >= 4 is 23.2 Å². The van der Waals surface area contributed by atoms with Gasteiger partial charge in [0.05, 0.1) is 12.1 Å². The zero-order valence-electron chi connectivity index (χ0n) is 12.2. The molecule has 8 heteroatoms. The molecule has 128 valence electrons. The van der Waals surface area contributed by atoms with Crippen LogP contribution in [-0.2, 0) is 11.2 Å². The molecule has 0 radical (unpaired) electrons. The summed E-state index contributed by atoms with van der Waals surface area (Å²) in [6.07, 6.45) is -4.86. The van der Waals surface area contributed by atoms with Crippen LogP contribution in [0.25, 0.3) is 0 Å². The number of para-hydroxylation sites is 2. The molecule has 1 amide bonds. The molecule has 24 heavy (non-hydrogen) atoms. The summed E-state index contributed by atoms with van der Waals surface area (Å²) in [5.74, 6) is -1.41. The maximum absolute atomic E-state index is 13.7. The molecule has 0 saturated carbocycles. The largest absolute Gasteiger partial charge is 0.482 e. The van der Waals surface area contributed by atoms with Crippen LogP contribution in [0.2, 0.25) is 5.02 Å². The smallest absolute Gasteiger partial charge is 0.422 e. The fraction of sp³-hybridized carbons (Fsp3) is 0.188. The van der Waals surface area contributed by atoms with Crippen LogP contribution in [0.3, 0.4) is 0 Å². The van der Waals surface area contributed by atoms with E-state index in [2.05, 4.69) is 10.1 Å². The SMILES string of the molecule is O=C(Cc1c(F)cccc1Cl)Nc1ccccc1OCC(F)(F)F. The molecule has 0 saturated heterocycles.